The minimum Gasteiger partial charge on any atom is -0.354 e. The maximum Gasteiger partial charge on any atom is 0.231 e. The molecule has 0 bridgehead atoms. The van der Waals surface area contributed by atoms with Gasteiger partial charge in [0.05, 0.1) is 0 Å². The van der Waals surface area contributed by atoms with Gasteiger partial charge >= 0.3 is 0 Å². The first kappa shape index (κ1) is 16.1. The van der Waals surface area contributed by atoms with Crippen LogP contribution in [0, 0.1) is 0 Å². The molecule has 0 amide bonds. The lowest BCUT2D eigenvalue weighted by atomic mass is 10.2. The summed E-state index contributed by atoms with van der Waals surface area (Å²) in [7, 11) is 3.89. The van der Waals surface area contributed by atoms with Crippen LogP contribution in [-0.2, 0) is 0 Å². The van der Waals surface area contributed by atoms with Gasteiger partial charge in [0, 0.05) is 31.9 Å². The fourth-order valence-corrected chi connectivity index (χ4v) is 3.42. The molecule has 6 nitrogen and oxygen atoms in total. The molecule has 1 heterocycles. The van der Waals surface area contributed by atoms with Crippen LogP contribution in [0.15, 0.2) is 0 Å². The van der Waals surface area contributed by atoms with Crippen LogP contribution in [0.5, 0.6) is 0 Å². The van der Waals surface area contributed by atoms with Crippen LogP contribution in [0.1, 0.15) is 32.6 Å². The Labute approximate surface area is 131 Å². The van der Waals surface area contributed by atoms with Gasteiger partial charge in [-0.25, -0.2) is 0 Å². The van der Waals surface area contributed by atoms with E-state index in [-0.39, 0.29) is 0 Å². The Hall–Kier alpha value is -1.24. The smallest absolute Gasteiger partial charge is 0.231 e. The van der Waals surface area contributed by atoms with Crippen molar-refractivity contribution in [2.45, 2.75) is 43.9 Å². The Balaban J connectivity index is 2.15. The molecule has 2 N–H and O–H groups in total. The summed E-state index contributed by atoms with van der Waals surface area (Å²) in [6.45, 7) is 3.00. The largest absolute Gasteiger partial charge is 0.354 e. The fraction of sp³-hybridized carbons (Fsp3) is 0.786. The second-order valence-corrected chi connectivity index (χ2v) is 6.64. The molecule has 2 unspecified atom stereocenters. The molecule has 21 heavy (non-hydrogen) atoms. The minimum atomic E-state index is 0.455. The van der Waals surface area contributed by atoms with Crippen molar-refractivity contribution in [3.63, 3.8) is 0 Å². The van der Waals surface area contributed by atoms with Crippen molar-refractivity contribution < 1.29 is 0 Å². The highest BCUT2D eigenvalue weighted by Crippen LogP contribution is 2.30. The third-order valence-corrected chi connectivity index (χ3v) is 4.80. The summed E-state index contributed by atoms with van der Waals surface area (Å²) < 4.78 is 0. The molecule has 0 aliphatic heterocycles. The molecule has 0 radical (unpaired) electrons. The lowest BCUT2D eigenvalue weighted by Gasteiger charge is -2.20. The average molecular weight is 310 g/mol. The highest BCUT2D eigenvalue weighted by Gasteiger charge is 2.27. The van der Waals surface area contributed by atoms with Crippen LogP contribution in [0.4, 0.5) is 17.8 Å². The van der Waals surface area contributed by atoms with Crippen LogP contribution in [-0.4, -0.2) is 53.1 Å². The topological polar surface area (TPSA) is 66.0 Å². The third kappa shape index (κ3) is 4.36. The summed E-state index contributed by atoms with van der Waals surface area (Å²) in [4.78, 5) is 15.4. The normalized spacial score (nSPS) is 21.3. The number of anilines is 3. The monoisotopic (exact) mass is 310 g/mol. The third-order valence-electron chi connectivity index (χ3n) is 3.63. The van der Waals surface area contributed by atoms with Gasteiger partial charge in [-0.2, -0.15) is 26.7 Å². The molecular weight excluding hydrogens is 284 g/mol. The SMILES string of the molecule is CCCNc1nc(NC2CCCC2SC)nc(N(C)C)n1. The van der Waals surface area contributed by atoms with Crippen molar-refractivity contribution in [1.82, 2.24) is 15.0 Å². The molecule has 1 aromatic heterocycles. The summed E-state index contributed by atoms with van der Waals surface area (Å²) in [6, 6.07) is 0.455. The zero-order valence-corrected chi connectivity index (χ0v) is 14.2. The summed E-state index contributed by atoms with van der Waals surface area (Å²) >= 11 is 1.93. The molecule has 0 spiro atoms. The van der Waals surface area contributed by atoms with Gasteiger partial charge in [-0.1, -0.05) is 13.3 Å². The highest BCUT2D eigenvalue weighted by atomic mass is 32.2. The zero-order chi connectivity index (χ0) is 15.2. The second-order valence-electron chi connectivity index (χ2n) is 5.56. The number of hydrogen-bond donors (Lipinski definition) is 2. The molecule has 1 aromatic rings. The van der Waals surface area contributed by atoms with Gasteiger partial charge in [0.2, 0.25) is 17.8 Å². The van der Waals surface area contributed by atoms with Crippen LogP contribution in [0.3, 0.4) is 0 Å². The molecule has 1 aliphatic rings. The minimum absolute atomic E-state index is 0.455. The van der Waals surface area contributed by atoms with Crippen molar-refractivity contribution in [3.8, 4) is 0 Å². The van der Waals surface area contributed by atoms with E-state index in [9.17, 15) is 0 Å². The van der Waals surface area contributed by atoms with Gasteiger partial charge in [-0.3, -0.25) is 0 Å². The Bertz CT molecular complexity index is 453. The summed E-state index contributed by atoms with van der Waals surface area (Å²) in [5, 5.41) is 7.40. The quantitative estimate of drug-likeness (QED) is 0.802. The van der Waals surface area contributed by atoms with E-state index >= 15 is 0 Å². The lowest BCUT2D eigenvalue weighted by molar-refractivity contribution is 0.753. The molecule has 1 aliphatic carbocycles. The van der Waals surface area contributed by atoms with E-state index in [2.05, 4.69) is 38.8 Å². The molecule has 7 heteroatoms. The van der Waals surface area contributed by atoms with Crippen molar-refractivity contribution >= 4 is 29.6 Å². The van der Waals surface area contributed by atoms with Crippen molar-refractivity contribution in [1.29, 1.82) is 0 Å². The average Bonchev–Trinajstić information content (AvgIpc) is 2.92. The predicted octanol–water partition coefficient (Wildman–Crippen LogP) is 2.46. The maximum absolute atomic E-state index is 4.52. The molecule has 2 atom stereocenters. The maximum atomic E-state index is 4.52. The van der Waals surface area contributed by atoms with Crippen LogP contribution in [0.25, 0.3) is 0 Å². The van der Waals surface area contributed by atoms with Crippen LogP contribution >= 0.6 is 11.8 Å². The van der Waals surface area contributed by atoms with Gasteiger partial charge in [0.1, 0.15) is 0 Å². The number of hydrogen-bond acceptors (Lipinski definition) is 7. The van der Waals surface area contributed by atoms with E-state index in [1.165, 1.54) is 19.3 Å². The Morgan fingerprint density at radius 2 is 1.95 bits per heavy atom. The van der Waals surface area contributed by atoms with E-state index < -0.39 is 0 Å². The summed E-state index contributed by atoms with van der Waals surface area (Å²) in [5.74, 6) is 2.01. The molecule has 1 saturated carbocycles. The van der Waals surface area contributed by atoms with E-state index in [4.69, 9.17) is 0 Å². The number of thioether (sulfide) groups is 1. The Kier molecular flexibility index (Phi) is 5.90. The Morgan fingerprint density at radius 1 is 1.19 bits per heavy atom. The van der Waals surface area contributed by atoms with Gasteiger partial charge in [-0.05, 0) is 25.5 Å². The lowest BCUT2D eigenvalue weighted by Crippen LogP contribution is -2.28. The van der Waals surface area contributed by atoms with E-state index in [1.807, 2.05) is 30.8 Å². The molecular formula is C14H26N6S. The molecule has 118 valence electrons. The number of nitrogens with zero attached hydrogens (tertiary/aromatic N) is 4. The first-order valence-electron chi connectivity index (χ1n) is 7.60. The van der Waals surface area contributed by atoms with Gasteiger partial charge in [-0.15, -0.1) is 0 Å². The van der Waals surface area contributed by atoms with E-state index in [0.29, 0.717) is 29.1 Å². The molecule has 1 fully saturated rings. The van der Waals surface area contributed by atoms with E-state index in [1.54, 1.807) is 0 Å². The second kappa shape index (κ2) is 7.68. The summed E-state index contributed by atoms with van der Waals surface area (Å²) in [5.41, 5.74) is 0. The van der Waals surface area contributed by atoms with Gasteiger partial charge < -0.3 is 15.5 Å². The van der Waals surface area contributed by atoms with Crippen LogP contribution in [0.2, 0.25) is 0 Å². The number of aromatic nitrogens is 3. The fourth-order valence-electron chi connectivity index (χ4n) is 2.48. The summed E-state index contributed by atoms with van der Waals surface area (Å²) in [6.07, 6.45) is 6.95. The first-order chi connectivity index (χ1) is 10.1. The number of nitrogens with one attached hydrogen (secondary N) is 2. The van der Waals surface area contributed by atoms with Crippen molar-refractivity contribution in [2.24, 2.45) is 0 Å². The van der Waals surface area contributed by atoms with Crippen molar-refractivity contribution in [3.05, 3.63) is 0 Å². The van der Waals surface area contributed by atoms with Gasteiger partial charge in [0.15, 0.2) is 0 Å². The van der Waals surface area contributed by atoms with Gasteiger partial charge in [0.25, 0.3) is 0 Å². The molecule has 2 rings (SSSR count). The highest BCUT2D eigenvalue weighted by molar-refractivity contribution is 7.99. The molecule has 0 aromatic carbocycles. The van der Waals surface area contributed by atoms with Crippen LogP contribution < -0.4 is 15.5 Å². The van der Waals surface area contributed by atoms with E-state index in [0.717, 1.165) is 13.0 Å². The van der Waals surface area contributed by atoms with Crippen molar-refractivity contribution in [2.75, 3.05) is 42.4 Å². The Morgan fingerprint density at radius 3 is 2.62 bits per heavy atom. The predicted molar refractivity (Wildman–Crippen MR) is 91.5 cm³/mol. The molecule has 0 saturated heterocycles. The zero-order valence-electron chi connectivity index (χ0n) is 13.4. The first-order valence-corrected chi connectivity index (χ1v) is 8.89. The standard InChI is InChI=1S/C14H26N6S/c1-5-9-15-12-17-13(19-14(18-12)20(2)3)16-10-7-6-8-11(10)21-4/h10-11H,5-9H2,1-4H3,(H2,15,16,17,18,19). The number of rotatable bonds is 7.